The summed E-state index contributed by atoms with van der Waals surface area (Å²) in [6.07, 6.45) is 11.3. The molecule has 2 saturated heterocycles. The van der Waals surface area contributed by atoms with Crippen LogP contribution < -0.4 is 0 Å². The Morgan fingerprint density at radius 3 is 2.61 bits per heavy atom. The fourth-order valence-corrected chi connectivity index (χ4v) is 8.99. The third kappa shape index (κ3) is 2.15. The number of hydrogen-bond acceptors (Lipinski definition) is 4. The number of piperidine rings is 1. The zero-order valence-corrected chi connectivity index (χ0v) is 17.7. The van der Waals surface area contributed by atoms with Crippen molar-refractivity contribution in [1.29, 1.82) is 0 Å². The Hall–Kier alpha value is -0.450. The van der Waals surface area contributed by atoms with Crippen LogP contribution in [-0.2, 0) is 9.53 Å². The second kappa shape index (κ2) is 5.82. The number of likely N-dealkylation sites (tertiary alicyclic amines) is 1. The standard InChI is InChI=1S/C24H37NO3/c1-22-8-7-17-16(12-20-24(28-20)14-15(26)6-9-23(17,24)2)18(22)13-19(21(22)27)25-10-4-3-5-11-25/h15-20,26H,3-14H2,1-2H3/t15-,16+,17-,18-,19-,20-,22-,23+,24-/m0/s1. The molecule has 0 aromatic heterocycles. The number of rotatable bonds is 1. The quantitative estimate of drug-likeness (QED) is 0.699. The van der Waals surface area contributed by atoms with E-state index in [2.05, 4.69) is 18.7 Å². The minimum absolute atomic E-state index is 0.0472. The molecule has 0 aromatic carbocycles. The Bertz CT molecular complexity index is 689. The Balaban J connectivity index is 1.31. The first-order valence-corrected chi connectivity index (χ1v) is 12.0. The van der Waals surface area contributed by atoms with Crippen LogP contribution in [0, 0.1) is 28.6 Å². The monoisotopic (exact) mass is 387 g/mol. The van der Waals surface area contributed by atoms with Gasteiger partial charge in [0.1, 0.15) is 5.60 Å². The number of carbonyl (C=O) groups is 1. The zero-order chi connectivity index (χ0) is 19.3. The molecule has 28 heavy (non-hydrogen) atoms. The van der Waals surface area contributed by atoms with E-state index in [1.807, 2.05) is 0 Å². The smallest absolute Gasteiger partial charge is 0.156 e. The van der Waals surface area contributed by atoms with Gasteiger partial charge in [0, 0.05) is 17.3 Å². The highest BCUT2D eigenvalue weighted by atomic mass is 16.6. The van der Waals surface area contributed by atoms with Crippen molar-refractivity contribution in [2.24, 2.45) is 28.6 Å². The third-order valence-corrected chi connectivity index (χ3v) is 10.6. The second-order valence-electron chi connectivity index (χ2n) is 11.6. The van der Waals surface area contributed by atoms with Gasteiger partial charge in [0.05, 0.1) is 18.2 Å². The number of hydrogen-bond donors (Lipinski definition) is 1. The highest BCUT2D eigenvalue weighted by molar-refractivity contribution is 5.92. The summed E-state index contributed by atoms with van der Waals surface area (Å²) >= 11 is 0. The molecule has 2 aliphatic heterocycles. The lowest BCUT2D eigenvalue weighted by molar-refractivity contribution is -0.140. The molecule has 1 spiro atoms. The van der Waals surface area contributed by atoms with Crippen LogP contribution in [0.1, 0.15) is 78.1 Å². The molecule has 0 bridgehead atoms. The minimum Gasteiger partial charge on any atom is -0.393 e. The summed E-state index contributed by atoms with van der Waals surface area (Å²) in [6.45, 7) is 7.02. The zero-order valence-electron chi connectivity index (χ0n) is 17.7. The van der Waals surface area contributed by atoms with Crippen molar-refractivity contribution < 1.29 is 14.6 Å². The van der Waals surface area contributed by atoms with Gasteiger partial charge in [0.25, 0.3) is 0 Å². The molecule has 4 aliphatic carbocycles. The van der Waals surface area contributed by atoms with E-state index in [0.717, 1.165) is 51.6 Å². The molecule has 0 radical (unpaired) electrons. The number of epoxide rings is 1. The number of carbonyl (C=O) groups excluding carboxylic acids is 1. The molecule has 6 fully saturated rings. The average Bonchev–Trinajstić information content (AvgIpc) is 3.32. The number of ether oxygens (including phenoxy) is 1. The first-order chi connectivity index (χ1) is 13.4. The van der Waals surface area contributed by atoms with Crippen LogP contribution in [0.3, 0.4) is 0 Å². The minimum atomic E-state index is -0.181. The predicted molar refractivity (Wildman–Crippen MR) is 107 cm³/mol. The Morgan fingerprint density at radius 1 is 1.04 bits per heavy atom. The number of aliphatic hydroxyl groups is 1. The number of fused-ring (bicyclic) bond motifs is 4. The van der Waals surface area contributed by atoms with Gasteiger partial charge in [-0.25, -0.2) is 0 Å². The molecular weight excluding hydrogens is 350 g/mol. The molecule has 0 amide bonds. The number of ketones is 1. The summed E-state index contributed by atoms with van der Waals surface area (Å²) in [5.74, 6) is 2.41. The van der Waals surface area contributed by atoms with Crippen molar-refractivity contribution in [1.82, 2.24) is 4.90 Å². The van der Waals surface area contributed by atoms with Crippen LogP contribution >= 0.6 is 0 Å². The maximum atomic E-state index is 13.6. The van der Waals surface area contributed by atoms with E-state index in [1.54, 1.807) is 0 Å². The number of aliphatic hydroxyl groups excluding tert-OH is 1. The molecule has 4 heteroatoms. The first kappa shape index (κ1) is 18.3. The van der Waals surface area contributed by atoms with Crippen LogP contribution in [-0.4, -0.2) is 52.7 Å². The van der Waals surface area contributed by atoms with Crippen molar-refractivity contribution in [3.05, 3.63) is 0 Å². The van der Waals surface area contributed by atoms with Crippen LogP contribution in [0.4, 0.5) is 0 Å². The third-order valence-electron chi connectivity index (χ3n) is 10.6. The van der Waals surface area contributed by atoms with Crippen LogP contribution in [0.5, 0.6) is 0 Å². The first-order valence-electron chi connectivity index (χ1n) is 12.0. The molecule has 2 heterocycles. The Morgan fingerprint density at radius 2 is 1.82 bits per heavy atom. The highest BCUT2D eigenvalue weighted by Crippen LogP contribution is 2.73. The molecule has 156 valence electrons. The van der Waals surface area contributed by atoms with E-state index in [9.17, 15) is 9.90 Å². The molecular formula is C24H37NO3. The lowest BCUT2D eigenvalue weighted by Crippen LogP contribution is -2.58. The van der Waals surface area contributed by atoms with Gasteiger partial charge in [-0.1, -0.05) is 20.3 Å². The van der Waals surface area contributed by atoms with E-state index in [-0.39, 0.29) is 28.6 Å². The average molecular weight is 388 g/mol. The van der Waals surface area contributed by atoms with Crippen molar-refractivity contribution in [3.8, 4) is 0 Å². The van der Waals surface area contributed by atoms with Gasteiger partial charge in [-0.15, -0.1) is 0 Å². The van der Waals surface area contributed by atoms with Gasteiger partial charge in [0.2, 0.25) is 0 Å². The molecule has 6 rings (SSSR count). The fraction of sp³-hybridized carbons (Fsp3) is 0.958. The SMILES string of the molecule is C[C@]12CC[C@H]3[C@@H](C[C@@H]4O[C@@]45C[C@@H](O)CC[C@]35C)[C@@H]1C[C@H](N1CCCCC1)C2=O. The maximum Gasteiger partial charge on any atom is 0.156 e. The summed E-state index contributed by atoms with van der Waals surface area (Å²) in [7, 11) is 0. The lowest BCUT2D eigenvalue weighted by Gasteiger charge is -2.58. The molecule has 4 saturated carbocycles. The van der Waals surface area contributed by atoms with Crippen molar-refractivity contribution in [2.75, 3.05) is 13.1 Å². The van der Waals surface area contributed by atoms with Crippen LogP contribution in [0.15, 0.2) is 0 Å². The molecule has 0 unspecified atom stereocenters. The van der Waals surface area contributed by atoms with E-state index < -0.39 is 0 Å². The van der Waals surface area contributed by atoms with Gasteiger partial charge in [0.15, 0.2) is 5.78 Å². The molecule has 6 aliphatic rings. The molecule has 4 nitrogen and oxygen atoms in total. The maximum absolute atomic E-state index is 13.6. The van der Waals surface area contributed by atoms with Gasteiger partial charge in [-0.05, 0) is 82.2 Å². The lowest BCUT2D eigenvalue weighted by atomic mass is 9.45. The predicted octanol–water partition coefficient (Wildman–Crippen LogP) is 3.55. The molecule has 1 N–H and O–H groups in total. The fourth-order valence-electron chi connectivity index (χ4n) is 8.99. The van der Waals surface area contributed by atoms with Gasteiger partial charge in [-0.3, -0.25) is 9.69 Å². The summed E-state index contributed by atoms with van der Waals surface area (Å²) in [6, 6.07) is 0.182. The topological polar surface area (TPSA) is 53.1 Å². The van der Waals surface area contributed by atoms with Crippen LogP contribution in [0.2, 0.25) is 0 Å². The molecule has 9 atom stereocenters. The van der Waals surface area contributed by atoms with Gasteiger partial charge < -0.3 is 9.84 Å². The van der Waals surface area contributed by atoms with Gasteiger partial charge in [-0.2, -0.15) is 0 Å². The largest absolute Gasteiger partial charge is 0.393 e. The summed E-state index contributed by atoms with van der Waals surface area (Å²) in [5.41, 5.74) is 0.0462. The van der Waals surface area contributed by atoms with Crippen molar-refractivity contribution in [2.45, 2.75) is 102 Å². The number of nitrogens with zero attached hydrogens (tertiary/aromatic N) is 1. The van der Waals surface area contributed by atoms with Crippen LogP contribution in [0.25, 0.3) is 0 Å². The number of Topliss-reactive ketones (excluding diaryl/α,β-unsaturated/α-hetero) is 1. The van der Waals surface area contributed by atoms with Crippen molar-refractivity contribution >= 4 is 5.78 Å². The van der Waals surface area contributed by atoms with Crippen molar-refractivity contribution in [3.63, 3.8) is 0 Å². The van der Waals surface area contributed by atoms with E-state index in [1.165, 1.54) is 25.7 Å². The van der Waals surface area contributed by atoms with Gasteiger partial charge >= 0.3 is 0 Å². The molecule has 0 aromatic rings. The Labute approximate surface area is 169 Å². The summed E-state index contributed by atoms with van der Waals surface area (Å²) in [4.78, 5) is 16.2. The van der Waals surface area contributed by atoms with E-state index >= 15 is 0 Å². The second-order valence-corrected chi connectivity index (χ2v) is 11.6. The summed E-state index contributed by atoms with van der Waals surface area (Å²) < 4.78 is 6.43. The highest BCUT2D eigenvalue weighted by Gasteiger charge is 2.76. The summed E-state index contributed by atoms with van der Waals surface area (Å²) in [5, 5.41) is 10.3. The van der Waals surface area contributed by atoms with E-state index in [4.69, 9.17) is 4.74 Å². The Kier molecular flexibility index (Phi) is 3.81. The van der Waals surface area contributed by atoms with E-state index in [0.29, 0.717) is 29.6 Å². The normalized spacial score (nSPS) is 58.5.